The predicted octanol–water partition coefficient (Wildman–Crippen LogP) is 2.56. The van der Waals surface area contributed by atoms with Gasteiger partial charge in [0, 0.05) is 12.0 Å². The van der Waals surface area contributed by atoms with Gasteiger partial charge in [-0.1, -0.05) is 5.16 Å². The van der Waals surface area contributed by atoms with Crippen LogP contribution < -0.4 is 5.32 Å². The molecule has 0 aliphatic rings. The van der Waals surface area contributed by atoms with Crippen LogP contribution in [-0.2, 0) is 11.2 Å². The van der Waals surface area contributed by atoms with Crippen LogP contribution in [0, 0.1) is 20.8 Å². The number of thiazole rings is 1. The average molecular weight is 337 g/mol. The Kier molecular flexibility index (Phi) is 5.15. The summed E-state index contributed by atoms with van der Waals surface area (Å²) in [6.45, 7) is 7.10. The number of aryl methyl sites for hydroxylation is 3. The Morgan fingerprint density at radius 2 is 2.00 bits per heavy atom. The minimum Gasteiger partial charge on any atom is -0.477 e. The molecule has 8 heteroatoms. The second kappa shape index (κ2) is 6.91. The zero-order chi connectivity index (χ0) is 17.1. The summed E-state index contributed by atoms with van der Waals surface area (Å²) in [5.41, 5.74) is 2.21. The van der Waals surface area contributed by atoms with Crippen molar-refractivity contribution in [3.63, 3.8) is 0 Å². The fraction of sp³-hybridized carbons (Fsp3) is 0.467. The van der Waals surface area contributed by atoms with Gasteiger partial charge in [-0.2, -0.15) is 0 Å². The first-order valence-corrected chi connectivity index (χ1v) is 8.03. The van der Waals surface area contributed by atoms with E-state index in [1.165, 1.54) is 0 Å². The molecule has 2 aromatic rings. The van der Waals surface area contributed by atoms with Gasteiger partial charge in [-0.05, 0) is 34.1 Å². The third-order valence-corrected chi connectivity index (χ3v) is 4.87. The maximum atomic E-state index is 12.1. The van der Waals surface area contributed by atoms with E-state index in [0.717, 1.165) is 28.4 Å². The number of carboxylic acid groups (broad SMARTS) is 1. The zero-order valence-corrected chi connectivity index (χ0v) is 14.3. The van der Waals surface area contributed by atoms with Crippen LogP contribution in [0.1, 0.15) is 56.8 Å². The number of nitrogens with zero attached hydrogens (tertiary/aromatic N) is 2. The van der Waals surface area contributed by atoms with E-state index in [9.17, 15) is 9.59 Å². The van der Waals surface area contributed by atoms with Crippen molar-refractivity contribution in [2.24, 2.45) is 0 Å². The summed E-state index contributed by atoms with van der Waals surface area (Å²) < 4.78 is 5.07. The molecule has 2 rings (SSSR count). The molecule has 0 spiro atoms. The zero-order valence-electron chi connectivity index (χ0n) is 13.5. The largest absolute Gasteiger partial charge is 0.477 e. The molecule has 0 saturated heterocycles. The fourth-order valence-corrected chi connectivity index (χ4v) is 3.18. The molecule has 0 fully saturated rings. The second-order valence-electron chi connectivity index (χ2n) is 5.36. The van der Waals surface area contributed by atoms with E-state index in [-0.39, 0.29) is 16.8 Å². The molecule has 23 heavy (non-hydrogen) atoms. The van der Waals surface area contributed by atoms with E-state index >= 15 is 0 Å². The first-order chi connectivity index (χ1) is 10.8. The third-order valence-electron chi connectivity index (χ3n) is 3.54. The van der Waals surface area contributed by atoms with Crippen LogP contribution in [0.5, 0.6) is 0 Å². The summed E-state index contributed by atoms with van der Waals surface area (Å²) >= 11 is 1.09. The molecule has 1 atom stereocenters. The number of carbonyl (C=O) groups is 2. The van der Waals surface area contributed by atoms with Gasteiger partial charge in [0.1, 0.15) is 15.6 Å². The summed E-state index contributed by atoms with van der Waals surface area (Å²) in [5, 5.41) is 16.3. The molecule has 7 nitrogen and oxygen atoms in total. The van der Waals surface area contributed by atoms with Gasteiger partial charge in [0.25, 0.3) is 0 Å². The minimum absolute atomic E-state index is 0.123. The maximum absolute atomic E-state index is 12.1. The van der Waals surface area contributed by atoms with Crippen LogP contribution >= 0.6 is 11.3 Å². The highest BCUT2D eigenvalue weighted by molar-refractivity contribution is 7.13. The summed E-state index contributed by atoms with van der Waals surface area (Å²) in [4.78, 5) is 27.5. The highest BCUT2D eigenvalue weighted by Gasteiger charge is 2.19. The number of hydrogen-bond acceptors (Lipinski definition) is 6. The number of rotatable bonds is 6. The smallest absolute Gasteiger partial charge is 0.347 e. The molecule has 0 bridgehead atoms. The van der Waals surface area contributed by atoms with Gasteiger partial charge in [-0.3, -0.25) is 4.79 Å². The third kappa shape index (κ3) is 3.95. The maximum Gasteiger partial charge on any atom is 0.347 e. The summed E-state index contributed by atoms with van der Waals surface area (Å²) in [6, 6.07) is -0.330. The molecule has 0 saturated carbocycles. The summed E-state index contributed by atoms with van der Waals surface area (Å²) in [7, 11) is 0. The molecular formula is C15H19N3O4S. The molecule has 2 heterocycles. The van der Waals surface area contributed by atoms with Crippen LogP contribution in [0.4, 0.5) is 0 Å². The van der Waals surface area contributed by atoms with Gasteiger partial charge < -0.3 is 14.9 Å². The lowest BCUT2D eigenvalue weighted by atomic mass is 10.1. The van der Waals surface area contributed by atoms with Crippen LogP contribution in [0.3, 0.4) is 0 Å². The Morgan fingerprint density at radius 3 is 2.52 bits per heavy atom. The molecule has 0 aromatic carbocycles. The van der Waals surface area contributed by atoms with Gasteiger partial charge in [-0.15, -0.1) is 11.3 Å². The quantitative estimate of drug-likeness (QED) is 0.839. The van der Waals surface area contributed by atoms with Crippen molar-refractivity contribution in [2.75, 3.05) is 0 Å². The number of nitrogens with one attached hydrogen (secondary N) is 1. The first kappa shape index (κ1) is 17.1. The SMILES string of the molecule is Cc1nc(C(C)NC(=O)CCc2c(C)noc2C)sc1C(=O)O. The lowest BCUT2D eigenvalue weighted by Gasteiger charge is -2.11. The molecule has 2 N–H and O–H groups in total. The highest BCUT2D eigenvalue weighted by Crippen LogP contribution is 2.23. The topological polar surface area (TPSA) is 105 Å². The molecular weight excluding hydrogens is 318 g/mol. The van der Waals surface area contributed by atoms with Crippen LogP contribution in [-0.4, -0.2) is 27.1 Å². The van der Waals surface area contributed by atoms with Gasteiger partial charge in [0.2, 0.25) is 5.91 Å². The van der Waals surface area contributed by atoms with Crippen molar-refractivity contribution >= 4 is 23.2 Å². The Hall–Kier alpha value is -2.22. The van der Waals surface area contributed by atoms with E-state index in [4.69, 9.17) is 9.63 Å². The number of carbonyl (C=O) groups excluding carboxylic acids is 1. The Bertz CT molecular complexity index is 716. The van der Waals surface area contributed by atoms with Gasteiger partial charge in [0.05, 0.1) is 17.4 Å². The highest BCUT2D eigenvalue weighted by atomic mass is 32.1. The molecule has 124 valence electrons. The van der Waals surface area contributed by atoms with Crippen LogP contribution in [0.2, 0.25) is 0 Å². The standard InChI is InChI=1S/C15H19N3O4S/c1-7-11(10(4)22-18-7)5-6-12(19)16-9(3)14-17-8(2)13(23-14)15(20)21/h9H,5-6H2,1-4H3,(H,16,19)(H,20,21). The van der Waals surface area contributed by atoms with Crippen molar-refractivity contribution in [1.29, 1.82) is 0 Å². The van der Waals surface area contributed by atoms with E-state index in [0.29, 0.717) is 23.5 Å². The van der Waals surface area contributed by atoms with Crippen molar-refractivity contribution in [3.05, 3.63) is 32.6 Å². The molecule has 0 aliphatic heterocycles. The predicted molar refractivity (Wildman–Crippen MR) is 84.7 cm³/mol. The normalized spacial score (nSPS) is 12.2. The number of amides is 1. The second-order valence-corrected chi connectivity index (χ2v) is 6.39. The number of hydrogen-bond donors (Lipinski definition) is 2. The van der Waals surface area contributed by atoms with Crippen molar-refractivity contribution in [2.45, 2.75) is 46.6 Å². The molecule has 1 unspecified atom stereocenters. The van der Waals surface area contributed by atoms with Crippen molar-refractivity contribution in [3.8, 4) is 0 Å². The Morgan fingerprint density at radius 1 is 1.30 bits per heavy atom. The van der Waals surface area contributed by atoms with Crippen molar-refractivity contribution < 1.29 is 19.2 Å². The van der Waals surface area contributed by atoms with E-state index in [2.05, 4.69) is 15.5 Å². The van der Waals surface area contributed by atoms with E-state index in [1.807, 2.05) is 13.8 Å². The molecule has 0 radical (unpaired) electrons. The fourth-order valence-electron chi connectivity index (χ4n) is 2.27. The van der Waals surface area contributed by atoms with Gasteiger partial charge >= 0.3 is 5.97 Å². The van der Waals surface area contributed by atoms with E-state index < -0.39 is 5.97 Å². The molecule has 0 aliphatic carbocycles. The lowest BCUT2D eigenvalue weighted by Crippen LogP contribution is -2.26. The molecule has 1 amide bonds. The van der Waals surface area contributed by atoms with Crippen LogP contribution in [0.25, 0.3) is 0 Å². The Balaban J connectivity index is 1.95. The summed E-state index contributed by atoms with van der Waals surface area (Å²) in [6.07, 6.45) is 0.861. The molecule has 2 aromatic heterocycles. The number of carboxylic acids is 1. The van der Waals surface area contributed by atoms with Crippen molar-refractivity contribution in [1.82, 2.24) is 15.5 Å². The lowest BCUT2D eigenvalue weighted by molar-refractivity contribution is -0.121. The number of aromatic nitrogens is 2. The first-order valence-electron chi connectivity index (χ1n) is 7.21. The Labute approximate surface area is 137 Å². The van der Waals surface area contributed by atoms with Gasteiger partial charge in [-0.25, -0.2) is 9.78 Å². The monoisotopic (exact) mass is 337 g/mol. The van der Waals surface area contributed by atoms with Crippen LogP contribution in [0.15, 0.2) is 4.52 Å². The summed E-state index contributed by atoms with van der Waals surface area (Å²) in [5.74, 6) is -0.393. The average Bonchev–Trinajstić information content (AvgIpc) is 3.01. The van der Waals surface area contributed by atoms with E-state index in [1.54, 1.807) is 13.8 Å². The van der Waals surface area contributed by atoms with Gasteiger partial charge in [0.15, 0.2) is 0 Å². The number of aromatic carboxylic acids is 1. The minimum atomic E-state index is -0.997.